The summed E-state index contributed by atoms with van der Waals surface area (Å²) in [4.78, 5) is 43.5. The highest BCUT2D eigenvalue weighted by atomic mass is 35.5. The molecule has 188 valence electrons. The van der Waals surface area contributed by atoms with Crippen molar-refractivity contribution in [2.45, 2.75) is 31.1 Å². The number of nitrogens with one attached hydrogen (secondary N) is 2. The standard InChI is InChI=1S/C20H18ClF4N5O5/c21-12-3-2-11(7-13(12)22)35-9-16(31)27-10-1-4-14(30(8-10)19(33)34)17(32)28-15-5-6-26-18(29-15)20(23,24)25/h2-3,5-7,10,14H,1,4,8-9H2,(H,27,31)(H,33,34)(H,26,28,29,32)/t10-,14+/m0/s1. The molecule has 15 heteroatoms. The lowest BCUT2D eigenvalue weighted by Crippen LogP contribution is -2.57. The van der Waals surface area contributed by atoms with Crippen LogP contribution in [0, 0.1) is 5.82 Å². The van der Waals surface area contributed by atoms with Crippen LogP contribution in [0.5, 0.6) is 5.75 Å². The second-order valence-electron chi connectivity index (χ2n) is 7.41. The molecule has 1 aliphatic rings. The minimum absolute atomic E-state index is 0.0243. The number of likely N-dealkylation sites (tertiary alicyclic amines) is 1. The van der Waals surface area contributed by atoms with E-state index in [2.05, 4.69) is 20.6 Å². The molecular formula is C20H18ClF4N5O5. The zero-order valence-corrected chi connectivity index (χ0v) is 18.4. The number of rotatable bonds is 6. The van der Waals surface area contributed by atoms with Crippen LogP contribution in [0.1, 0.15) is 18.7 Å². The zero-order chi connectivity index (χ0) is 25.8. The van der Waals surface area contributed by atoms with E-state index in [0.29, 0.717) is 0 Å². The molecule has 1 fully saturated rings. The molecule has 3 rings (SSSR count). The van der Waals surface area contributed by atoms with Gasteiger partial charge in [0, 0.05) is 24.8 Å². The third-order valence-electron chi connectivity index (χ3n) is 4.92. The van der Waals surface area contributed by atoms with Crippen molar-refractivity contribution in [3.8, 4) is 5.75 Å². The van der Waals surface area contributed by atoms with Gasteiger partial charge in [0.05, 0.1) is 5.02 Å². The Labute approximate surface area is 200 Å². The van der Waals surface area contributed by atoms with Gasteiger partial charge in [0.2, 0.25) is 11.7 Å². The van der Waals surface area contributed by atoms with E-state index in [4.69, 9.17) is 16.3 Å². The molecule has 0 unspecified atom stereocenters. The molecule has 0 spiro atoms. The van der Waals surface area contributed by atoms with Crippen LogP contribution in [0.25, 0.3) is 0 Å². The summed E-state index contributed by atoms with van der Waals surface area (Å²) in [5.74, 6) is -4.05. The van der Waals surface area contributed by atoms with E-state index in [-0.39, 0.29) is 30.2 Å². The molecular weight excluding hydrogens is 502 g/mol. The van der Waals surface area contributed by atoms with Crippen molar-refractivity contribution < 1.29 is 41.8 Å². The molecule has 3 amide bonds. The van der Waals surface area contributed by atoms with Gasteiger partial charge in [-0.2, -0.15) is 13.2 Å². The Morgan fingerprint density at radius 1 is 1.23 bits per heavy atom. The molecule has 35 heavy (non-hydrogen) atoms. The summed E-state index contributed by atoms with van der Waals surface area (Å²) in [6.45, 7) is -0.740. The maximum atomic E-state index is 13.4. The smallest absolute Gasteiger partial charge is 0.451 e. The van der Waals surface area contributed by atoms with E-state index in [0.717, 1.165) is 23.2 Å². The number of carbonyl (C=O) groups is 3. The third-order valence-corrected chi connectivity index (χ3v) is 5.22. The number of amides is 3. The number of nitrogens with zero attached hydrogens (tertiary/aromatic N) is 3. The average Bonchev–Trinajstić information content (AvgIpc) is 2.79. The van der Waals surface area contributed by atoms with Crippen molar-refractivity contribution in [1.82, 2.24) is 20.2 Å². The van der Waals surface area contributed by atoms with Crippen molar-refractivity contribution >= 4 is 35.3 Å². The summed E-state index contributed by atoms with van der Waals surface area (Å²) >= 11 is 5.57. The molecule has 0 radical (unpaired) electrons. The van der Waals surface area contributed by atoms with Crippen LogP contribution in [0.15, 0.2) is 30.5 Å². The molecule has 2 aromatic rings. The van der Waals surface area contributed by atoms with Crippen LogP contribution in [0.3, 0.4) is 0 Å². The van der Waals surface area contributed by atoms with Gasteiger partial charge in [-0.3, -0.25) is 14.5 Å². The number of anilines is 1. The van der Waals surface area contributed by atoms with E-state index >= 15 is 0 Å². The lowest BCUT2D eigenvalue weighted by molar-refractivity contribution is -0.145. The summed E-state index contributed by atoms with van der Waals surface area (Å²) in [7, 11) is 0. The Balaban J connectivity index is 1.57. The van der Waals surface area contributed by atoms with E-state index in [1.165, 1.54) is 12.1 Å². The zero-order valence-electron chi connectivity index (χ0n) is 17.7. The van der Waals surface area contributed by atoms with Gasteiger partial charge in [-0.25, -0.2) is 19.2 Å². The second-order valence-corrected chi connectivity index (χ2v) is 7.82. The van der Waals surface area contributed by atoms with Crippen molar-refractivity contribution in [1.29, 1.82) is 0 Å². The Morgan fingerprint density at radius 3 is 2.63 bits per heavy atom. The molecule has 2 atom stereocenters. The highest BCUT2D eigenvalue weighted by molar-refractivity contribution is 6.30. The fraction of sp³-hybridized carbons (Fsp3) is 0.350. The van der Waals surface area contributed by atoms with Crippen LogP contribution >= 0.6 is 11.6 Å². The first kappa shape index (κ1) is 25.9. The minimum atomic E-state index is -4.82. The Kier molecular flexibility index (Phi) is 7.94. The predicted molar refractivity (Wildman–Crippen MR) is 112 cm³/mol. The minimum Gasteiger partial charge on any atom is -0.484 e. The lowest BCUT2D eigenvalue weighted by atomic mass is 9.98. The van der Waals surface area contributed by atoms with E-state index < -0.39 is 60.2 Å². The highest BCUT2D eigenvalue weighted by Crippen LogP contribution is 2.27. The van der Waals surface area contributed by atoms with Crippen molar-refractivity contribution in [3.63, 3.8) is 0 Å². The number of aromatic nitrogens is 2. The Hall–Kier alpha value is -3.68. The van der Waals surface area contributed by atoms with Gasteiger partial charge in [-0.05, 0) is 31.0 Å². The maximum Gasteiger partial charge on any atom is 0.451 e. The number of hydrogen-bond acceptors (Lipinski definition) is 6. The quantitative estimate of drug-likeness (QED) is 0.500. The van der Waals surface area contributed by atoms with Crippen LogP contribution in [0.4, 0.5) is 28.2 Å². The predicted octanol–water partition coefficient (Wildman–Crippen LogP) is 2.93. The van der Waals surface area contributed by atoms with Gasteiger partial charge >= 0.3 is 12.3 Å². The van der Waals surface area contributed by atoms with Crippen LogP contribution < -0.4 is 15.4 Å². The van der Waals surface area contributed by atoms with Crippen LogP contribution in [0.2, 0.25) is 5.02 Å². The van der Waals surface area contributed by atoms with Gasteiger partial charge in [0.1, 0.15) is 23.4 Å². The van der Waals surface area contributed by atoms with Gasteiger partial charge in [0.25, 0.3) is 5.91 Å². The Morgan fingerprint density at radius 2 is 1.97 bits per heavy atom. The number of benzene rings is 1. The number of ether oxygens (including phenoxy) is 1. The molecule has 0 saturated carbocycles. The van der Waals surface area contributed by atoms with Crippen molar-refractivity contribution in [2.75, 3.05) is 18.5 Å². The third kappa shape index (κ3) is 6.91. The molecule has 10 nitrogen and oxygen atoms in total. The fourth-order valence-corrected chi connectivity index (χ4v) is 3.45. The SMILES string of the molecule is O=C(COc1ccc(Cl)c(F)c1)N[C@H]1CC[C@H](C(=O)Nc2ccnc(C(F)(F)F)n2)N(C(=O)O)C1. The molecule has 3 N–H and O–H groups in total. The maximum absolute atomic E-state index is 13.4. The number of hydrogen-bond donors (Lipinski definition) is 3. The summed E-state index contributed by atoms with van der Waals surface area (Å²) in [6.07, 6.45) is -5.30. The molecule has 0 bridgehead atoms. The fourth-order valence-electron chi connectivity index (χ4n) is 3.33. The van der Waals surface area contributed by atoms with E-state index in [1.807, 2.05) is 0 Å². The number of halogens is 5. The average molecular weight is 520 g/mol. The summed E-state index contributed by atoms with van der Waals surface area (Å²) in [5, 5.41) is 14.1. The van der Waals surface area contributed by atoms with Crippen molar-refractivity contribution in [3.05, 3.63) is 47.1 Å². The first-order valence-electron chi connectivity index (χ1n) is 10.0. The molecule has 0 aliphatic carbocycles. The summed E-state index contributed by atoms with van der Waals surface area (Å²) in [5.41, 5.74) is 0. The second kappa shape index (κ2) is 10.7. The highest BCUT2D eigenvalue weighted by Gasteiger charge is 2.38. The van der Waals surface area contributed by atoms with E-state index in [1.54, 1.807) is 0 Å². The van der Waals surface area contributed by atoms with Gasteiger partial charge in [-0.1, -0.05) is 11.6 Å². The monoisotopic (exact) mass is 519 g/mol. The Bertz CT molecular complexity index is 1120. The van der Waals surface area contributed by atoms with Crippen molar-refractivity contribution in [2.24, 2.45) is 0 Å². The lowest BCUT2D eigenvalue weighted by Gasteiger charge is -2.37. The molecule has 1 aromatic carbocycles. The normalized spacial score (nSPS) is 18.0. The summed E-state index contributed by atoms with van der Waals surface area (Å²) in [6, 6.07) is 2.77. The van der Waals surface area contributed by atoms with Gasteiger partial charge in [-0.15, -0.1) is 0 Å². The van der Waals surface area contributed by atoms with Crippen LogP contribution in [-0.2, 0) is 15.8 Å². The number of alkyl halides is 3. The molecule has 1 aromatic heterocycles. The topological polar surface area (TPSA) is 134 Å². The first-order valence-corrected chi connectivity index (χ1v) is 10.4. The molecule has 1 aliphatic heterocycles. The first-order chi connectivity index (χ1) is 16.4. The van der Waals surface area contributed by atoms with Crippen LogP contribution in [-0.4, -0.2) is 63.1 Å². The number of piperidine rings is 1. The van der Waals surface area contributed by atoms with Gasteiger partial charge in [0.15, 0.2) is 6.61 Å². The largest absolute Gasteiger partial charge is 0.484 e. The molecule has 1 saturated heterocycles. The summed E-state index contributed by atoms with van der Waals surface area (Å²) < 4.78 is 56.9. The number of carboxylic acid groups (broad SMARTS) is 1. The van der Waals surface area contributed by atoms with Gasteiger partial charge < -0.3 is 20.5 Å². The molecule has 2 heterocycles. The number of carbonyl (C=O) groups excluding carboxylic acids is 2. The van der Waals surface area contributed by atoms with E-state index in [9.17, 15) is 37.1 Å².